The van der Waals surface area contributed by atoms with Crippen molar-refractivity contribution in [2.75, 3.05) is 25.5 Å². The fourth-order valence-corrected chi connectivity index (χ4v) is 3.95. The van der Waals surface area contributed by atoms with E-state index in [2.05, 4.69) is 32.4 Å². The van der Waals surface area contributed by atoms with E-state index in [0.717, 1.165) is 49.4 Å². The van der Waals surface area contributed by atoms with Gasteiger partial charge in [-0.05, 0) is 62.7 Å². The monoisotopic (exact) mass is 431 g/mol. The van der Waals surface area contributed by atoms with Crippen molar-refractivity contribution in [2.24, 2.45) is 0 Å². The summed E-state index contributed by atoms with van der Waals surface area (Å²) >= 11 is 0. The standard InChI is InChI=1S/C22H24F3N5O/c1-3-13-9-17-19(26-11-13)20(16-7-6-14(10-18(16)31)22(23,24)25)28-29-21(17)27-15-5-4-8-30(2)12-15/h6-7,9-11,15,31H,3-5,8,12H2,1-2H3,(H,27,29)/t15-/m1/s1. The van der Waals surface area contributed by atoms with Crippen LogP contribution in [0.4, 0.5) is 19.0 Å². The summed E-state index contributed by atoms with van der Waals surface area (Å²) in [5.74, 6) is 0.0784. The number of anilines is 1. The van der Waals surface area contributed by atoms with Crippen molar-refractivity contribution in [3.05, 3.63) is 41.6 Å². The van der Waals surface area contributed by atoms with Crippen LogP contribution in [0, 0.1) is 0 Å². The topological polar surface area (TPSA) is 74.2 Å². The van der Waals surface area contributed by atoms with Crippen LogP contribution in [0.25, 0.3) is 22.2 Å². The summed E-state index contributed by atoms with van der Waals surface area (Å²) < 4.78 is 38.9. The SMILES string of the molecule is CCc1cnc2c(-c3ccc(C(F)(F)F)cc3O)nnc(N[C@@H]3CCCN(C)C3)c2c1. The lowest BCUT2D eigenvalue weighted by molar-refractivity contribution is -0.137. The largest absolute Gasteiger partial charge is 0.507 e. The molecule has 2 N–H and O–H groups in total. The Morgan fingerprint density at radius 2 is 2.03 bits per heavy atom. The number of benzene rings is 1. The number of likely N-dealkylation sites (N-methyl/N-ethyl adjacent to an activating group) is 1. The molecular formula is C22H24F3N5O. The molecule has 0 spiro atoms. The molecule has 1 atom stereocenters. The number of aromatic hydroxyl groups is 1. The maximum Gasteiger partial charge on any atom is 0.416 e. The van der Waals surface area contributed by atoms with Crippen molar-refractivity contribution in [1.82, 2.24) is 20.1 Å². The molecule has 0 saturated carbocycles. The van der Waals surface area contributed by atoms with Gasteiger partial charge in [0.15, 0.2) is 5.82 Å². The van der Waals surface area contributed by atoms with Gasteiger partial charge in [0.2, 0.25) is 0 Å². The zero-order chi connectivity index (χ0) is 22.2. The number of phenolic OH excluding ortho intramolecular Hbond substituents is 1. The molecule has 9 heteroatoms. The van der Waals surface area contributed by atoms with Crippen LogP contribution in [0.2, 0.25) is 0 Å². The van der Waals surface area contributed by atoms with Crippen LogP contribution < -0.4 is 5.32 Å². The maximum atomic E-state index is 13.0. The third kappa shape index (κ3) is 4.41. The van der Waals surface area contributed by atoms with E-state index in [9.17, 15) is 18.3 Å². The van der Waals surface area contributed by atoms with E-state index >= 15 is 0 Å². The van der Waals surface area contributed by atoms with Crippen LogP contribution in [0.5, 0.6) is 5.75 Å². The highest BCUT2D eigenvalue weighted by Gasteiger charge is 2.31. The fraction of sp³-hybridized carbons (Fsp3) is 0.409. The number of hydrogen-bond donors (Lipinski definition) is 2. The molecule has 0 aliphatic carbocycles. The molecule has 3 heterocycles. The average Bonchev–Trinajstić information content (AvgIpc) is 2.73. The van der Waals surface area contributed by atoms with E-state index in [1.807, 2.05) is 13.0 Å². The van der Waals surface area contributed by atoms with Crippen molar-refractivity contribution in [3.8, 4) is 17.0 Å². The van der Waals surface area contributed by atoms with Crippen LogP contribution in [-0.2, 0) is 12.6 Å². The van der Waals surface area contributed by atoms with Crippen LogP contribution in [0.1, 0.15) is 30.9 Å². The predicted molar refractivity (Wildman–Crippen MR) is 113 cm³/mol. The Hall–Kier alpha value is -2.94. The molecule has 3 aromatic rings. The molecule has 164 valence electrons. The molecule has 1 fully saturated rings. The summed E-state index contributed by atoms with van der Waals surface area (Å²) in [5.41, 5.74) is 0.967. The number of halogens is 3. The lowest BCUT2D eigenvalue weighted by Crippen LogP contribution is -2.40. The number of piperidine rings is 1. The molecule has 1 aliphatic heterocycles. The Kier molecular flexibility index (Phi) is 5.70. The maximum absolute atomic E-state index is 13.0. The number of hydrogen-bond acceptors (Lipinski definition) is 6. The van der Waals surface area contributed by atoms with Crippen LogP contribution in [-0.4, -0.2) is 51.4 Å². The van der Waals surface area contributed by atoms with Crippen molar-refractivity contribution >= 4 is 16.7 Å². The Bertz CT molecular complexity index is 1100. The normalized spacial score (nSPS) is 17.8. The predicted octanol–water partition coefficient (Wildman–Crippen LogP) is 4.48. The lowest BCUT2D eigenvalue weighted by atomic mass is 10.0. The van der Waals surface area contributed by atoms with Gasteiger partial charge in [-0.1, -0.05) is 6.92 Å². The van der Waals surface area contributed by atoms with Gasteiger partial charge in [-0.25, -0.2) is 0 Å². The average molecular weight is 431 g/mol. The molecule has 0 amide bonds. The zero-order valence-corrected chi connectivity index (χ0v) is 17.4. The Morgan fingerprint density at radius 1 is 1.23 bits per heavy atom. The first-order valence-corrected chi connectivity index (χ1v) is 10.3. The number of rotatable bonds is 4. The van der Waals surface area contributed by atoms with E-state index in [1.54, 1.807) is 6.20 Å². The summed E-state index contributed by atoms with van der Waals surface area (Å²) in [6.07, 6.45) is 0.0366. The Morgan fingerprint density at radius 3 is 2.71 bits per heavy atom. The number of alkyl halides is 3. The lowest BCUT2D eigenvalue weighted by Gasteiger charge is -2.30. The highest BCUT2D eigenvalue weighted by molar-refractivity contribution is 5.98. The van der Waals surface area contributed by atoms with Gasteiger partial charge in [-0.2, -0.15) is 13.2 Å². The van der Waals surface area contributed by atoms with E-state index in [1.165, 1.54) is 6.07 Å². The first kappa shape index (κ1) is 21.3. The van der Waals surface area contributed by atoms with Gasteiger partial charge in [-0.3, -0.25) is 4.98 Å². The number of likely N-dealkylation sites (tertiary alicyclic amines) is 1. The highest BCUT2D eigenvalue weighted by atomic mass is 19.4. The number of nitrogens with zero attached hydrogens (tertiary/aromatic N) is 4. The molecule has 1 saturated heterocycles. The van der Waals surface area contributed by atoms with Crippen molar-refractivity contribution in [2.45, 2.75) is 38.4 Å². The molecule has 31 heavy (non-hydrogen) atoms. The second-order valence-corrected chi connectivity index (χ2v) is 7.97. The highest BCUT2D eigenvalue weighted by Crippen LogP contribution is 2.38. The molecular weight excluding hydrogens is 407 g/mol. The van der Waals surface area contributed by atoms with Gasteiger partial charge in [0.1, 0.15) is 17.0 Å². The van der Waals surface area contributed by atoms with E-state index in [4.69, 9.17) is 0 Å². The van der Waals surface area contributed by atoms with Gasteiger partial charge in [0.25, 0.3) is 0 Å². The molecule has 2 aromatic heterocycles. The molecule has 0 unspecified atom stereocenters. The molecule has 6 nitrogen and oxygen atoms in total. The smallest absolute Gasteiger partial charge is 0.416 e. The minimum atomic E-state index is -4.54. The molecule has 4 rings (SSSR count). The van der Waals surface area contributed by atoms with Crippen LogP contribution in [0.15, 0.2) is 30.5 Å². The number of pyridine rings is 1. The number of nitrogens with one attached hydrogen (secondary N) is 1. The summed E-state index contributed by atoms with van der Waals surface area (Å²) in [4.78, 5) is 6.77. The van der Waals surface area contributed by atoms with E-state index in [0.29, 0.717) is 17.4 Å². The third-order valence-electron chi connectivity index (χ3n) is 5.63. The number of aryl methyl sites for hydroxylation is 1. The van der Waals surface area contributed by atoms with Gasteiger partial charge >= 0.3 is 6.18 Å². The zero-order valence-electron chi connectivity index (χ0n) is 17.4. The van der Waals surface area contributed by atoms with Gasteiger partial charge in [0.05, 0.1) is 5.56 Å². The van der Waals surface area contributed by atoms with Gasteiger partial charge in [0, 0.05) is 29.7 Å². The van der Waals surface area contributed by atoms with Gasteiger partial charge < -0.3 is 15.3 Å². The molecule has 1 aromatic carbocycles. The first-order chi connectivity index (χ1) is 14.8. The van der Waals surface area contributed by atoms with Crippen LogP contribution >= 0.6 is 0 Å². The van der Waals surface area contributed by atoms with Crippen molar-refractivity contribution in [3.63, 3.8) is 0 Å². The first-order valence-electron chi connectivity index (χ1n) is 10.3. The quantitative estimate of drug-likeness (QED) is 0.634. The van der Waals surface area contributed by atoms with Crippen LogP contribution in [0.3, 0.4) is 0 Å². The summed E-state index contributed by atoms with van der Waals surface area (Å²) in [6, 6.07) is 5.02. The van der Waals surface area contributed by atoms with Crippen molar-refractivity contribution in [1.29, 1.82) is 0 Å². The number of phenols is 1. The summed E-state index contributed by atoms with van der Waals surface area (Å²) in [5, 5.41) is 23.1. The summed E-state index contributed by atoms with van der Waals surface area (Å²) in [7, 11) is 2.07. The molecule has 1 aliphatic rings. The van der Waals surface area contributed by atoms with E-state index < -0.39 is 17.5 Å². The fourth-order valence-electron chi connectivity index (χ4n) is 3.95. The van der Waals surface area contributed by atoms with Gasteiger partial charge in [-0.15, -0.1) is 10.2 Å². The second kappa shape index (κ2) is 8.30. The molecule has 0 radical (unpaired) electrons. The van der Waals surface area contributed by atoms with Crippen molar-refractivity contribution < 1.29 is 18.3 Å². The number of fused-ring (bicyclic) bond motifs is 1. The van der Waals surface area contributed by atoms with E-state index in [-0.39, 0.29) is 17.3 Å². The second-order valence-electron chi connectivity index (χ2n) is 7.97. The Balaban J connectivity index is 1.79. The summed E-state index contributed by atoms with van der Waals surface area (Å²) in [6.45, 7) is 3.95. The minimum Gasteiger partial charge on any atom is -0.507 e. The third-order valence-corrected chi connectivity index (χ3v) is 5.63. The Labute approximate surface area is 178 Å². The molecule has 0 bridgehead atoms. The number of aromatic nitrogens is 3. The minimum absolute atomic E-state index is 0.159.